The van der Waals surface area contributed by atoms with E-state index >= 15 is 0 Å². The van der Waals surface area contributed by atoms with Gasteiger partial charge in [-0.1, -0.05) is 19.4 Å². The number of H-pyrrole nitrogens is 2. The monoisotopic (exact) mass is 782 g/mol. The van der Waals surface area contributed by atoms with Crippen LogP contribution < -0.4 is 5.73 Å². The fourth-order valence-electron chi connectivity index (χ4n) is 5.11. The average Bonchev–Trinajstić information content (AvgIpc) is 3.85. The van der Waals surface area contributed by atoms with Gasteiger partial charge in [0, 0.05) is 38.0 Å². The first-order valence-corrected chi connectivity index (χ1v) is 20.9. The lowest BCUT2D eigenvalue weighted by Gasteiger charge is -2.26. The highest BCUT2D eigenvalue weighted by atomic mass is 16.5. The summed E-state index contributed by atoms with van der Waals surface area (Å²) in [5.74, 6) is 1.76. The number of nitrogens with one attached hydrogen (secondary N) is 2. The summed E-state index contributed by atoms with van der Waals surface area (Å²) in [5, 5.41) is 13.0. The number of piperidine rings is 2. The van der Waals surface area contributed by atoms with Crippen LogP contribution in [0.4, 0.5) is 0 Å². The lowest BCUT2D eigenvalue weighted by molar-refractivity contribution is 0.0549. The van der Waals surface area contributed by atoms with Crippen molar-refractivity contribution in [2.45, 2.75) is 158 Å². The molecule has 0 spiro atoms. The summed E-state index contributed by atoms with van der Waals surface area (Å²) in [6.07, 6.45) is 15.4. The van der Waals surface area contributed by atoms with E-state index in [-0.39, 0.29) is 12.2 Å². The number of likely N-dealkylation sites (tertiary alicyclic amines) is 2. The molecule has 4 heterocycles. The minimum Gasteiger partial charge on any atom is -0.402 e. The number of ether oxygens (including phenoxy) is 5. The first-order chi connectivity index (χ1) is 26.3. The summed E-state index contributed by atoms with van der Waals surface area (Å²) in [7, 11) is 0. The predicted molar refractivity (Wildman–Crippen MR) is 224 cm³/mol. The molecule has 0 bridgehead atoms. The lowest BCUT2D eigenvalue weighted by atomic mass is 10.1. The van der Waals surface area contributed by atoms with Gasteiger partial charge in [0.25, 0.3) is 0 Å². The van der Waals surface area contributed by atoms with Gasteiger partial charge in [-0.3, -0.25) is 10.2 Å². The highest BCUT2D eigenvalue weighted by molar-refractivity contribution is 4.85. The van der Waals surface area contributed by atoms with E-state index in [9.17, 15) is 0 Å². The van der Waals surface area contributed by atoms with E-state index in [1.54, 1.807) is 0 Å². The van der Waals surface area contributed by atoms with E-state index in [1.165, 1.54) is 77.4 Å². The van der Waals surface area contributed by atoms with Crippen LogP contribution >= 0.6 is 0 Å². The molecule has 0 atom stereocenters. The number of hydrogen-bond donors (Lipinski definition) is 3. The molecule has 0 radical (unpaired) electrons. The molecule has 322 valence electrons. The normalized spacial score (nSPS) is 14.8. The summed E-state index contributed by atoms with van der Waals surface area (Å²) in [6.45, 7) is 35.2. The zero-order valence-electron chi connectivity index (χ0n) is 36.7. The highest BCUT2D eigenvalue weighted by Crippen LogP contribution is 2.09. The van der Waals surface area contributed by atoms with Gasteiger partial charge in [-0.2, -0.15) is 10.2 Å². The molecule has 0 amide bonds. The van der Waals surface area contributed by atoms with Gasteiger partial charge in [0.05, 0.1) is 63.6 Å². The largest absolute Gasteiger partial charge is 0.402 e. The second-order valence-electron chi connectivity index (χ2n) is 15.2. The van der Waals surface area contributed by atoms with Crippen LogP contribution in [0.3, 0.4) is 0 Å². The third-order valence-electron chi connectivity index (χ3n) is 8.00. The fourth-order valence-corrected chi connectivity index (χ4v) is 5.11. The van der Waals surface area contributed by atoms with E-state index in [1.807, 2.05) is 41.5 Å². The smallest absolute Gasteiger partial charge is 0.137 e. The number of hydrogen-bond acceptors (Lipinski definition) is 12. The van der Waals surface area contributed by atoms with E-state index in [0.29, 0.717) is 43.8 Å². The third-order valence-corrected chi connectivity index (χ3v) is 8.00. The van der Waals surface area contributed by atoms with E-state index in [4.69, 9.17) is 29.4 Å². The van der Waals surface area contributed by atoms with Crippen LogP contribution in [-0.2, 0) is 36.5 Å². The lowest BCUT2D eigenvalue weighted by Crippen LogP contribution is -2.33. The standard InChI is InChI=1S/2C10H21NO.2C7H13N3O.C7H15NO/c2*1-10(2)12-9-8-11-6-4-3-5-7-11;2*1-6(2)11-4-3-7-8-5-9-10-7;1-6(2)9-5-4-7(3)8/h2*10H,3-9H2,1-2H3;2*5-6H,3-4H2,1-2H3,(H,8,9,10);6H,3-5,8H2,1-2H3. The van der Waals surface area contributed by atoms with Crippen molar-refractivity contribution in [1.29, 1.82) is 0 Å². The van der Waals surface area contributed by atoms with Crippen LogP contribution in [0.15, 0.2) is 24.9 Å². The third kappa shape index (κ3) is 38.2. The Balaban J connectivity index is 0.000000665. The molecule has 2 aromatic heterocycles. The van der Waals surface area contributed by atoms with Gasteiger partial charge >= 0.3 is 0 Å². The van der Waals surface area contributed by atoms with Gasteiger partial charge in [0.1, 0.15) is 24.3 Å². The summed E-state index contributed by atoms with van der Waals surface area (Å²) in [4.78, 5) is 12.9. The molecule has 2 aliphatic heterocycles. The topological polar surface area (TPSA) is 162 Å². The van der Waals surface area contributed by atoms with Crippen molar-refractivity contribution in [2.75, 3.05) is 72.3 Å². The maximum Gasteiger partial charge on any atom is 0.137 e. The summed E-state index contributed by atoms with van der Waals surface area (Å²) >= 11 is 0. The van der Waals surface area contributed by atoms with Gasteiger partial charge in [-0.25, -0.2) is 9.97 Å². The molecule has 4 N–H and O–H groups in total. The predicted octanol–water partition coefficient (Wildman–Crippen LogP) is 6.61. The number of rotatable bonds is 20. The van der Waals surface area contributed by atoms with E-state index in [2.05, 4.69) is 74.4 Å². The van der Waals surface area contributed by atoms with Crippen molar-refractivity contribution >= 4 is 0 Å². The van der Waals surface area contributed by atoms with E-state index < -0.39 is 0 Å². The zero-order chi connectivity index (χ0) is 41.1. The Morgan fingerprint density at radius 2 is 0.891 bits per heavy atom. The highest BCUT2D eigenvalue weighted by Gasteiger charge is 2.10. The molecular weight excluding hydrogens is 699 g/mol. The molecule has 4 rings (SSSR count). The maximum atomic E-state index is 5.50. The van der Waals surface area contributed by atoms with Crippen LogP contribution in [0.25, 0.3) is 0 Å². The molecule has 2 fully saturated rings. The molecule has 0 aliphatic carbocycles. The quantitative estimate of drug-likeness (QED) is 0.132. The summed E-state index contributed by atoms with van der Waals surface area (Å²) < 4.78 is 26.9. The van der Waals surface area contributed by atoms with Gasteiger partial charge < -0.3 is 39.2 Å². The van der Waals surface area contributed by atoms with Crippen LogP contribution in [-0.4, -0.2) is 143 Å². The minimum absolute atomic E-state index is 0.290. The molecule has 2 aromatic rings. The molecule has 14 heteroatoms. The molecule has 0 unspecified atom stereocenters. The SMILES string of the molecule is C=C(N)CCOC(C)C.CC(C)OCCN1CCCCC1.CC(C)OCCN1CCCCC1.CC(C)OCCc1ncn[nH]1.CC(C)OCCc1ncn[nH]1. The Labute approximate surface area is 335 Å². The van der Waals surface area contributed by atoms with Gasteiger partial charge in [-0.05, 0) is 121 Å². The van der Waals surface area contributed by atoms with Gasteiger partial charge in [-0.15, -0.1) is 0 Å². The first-order valence-electron chi connectivity index (χ1n) is 20.9. The molecule has 55 heavy (non-hydrogen) atoms. The first kappa shape index (κ1) is 52.5. The Morgan fingerprint density at radius 3 is 1.18 bits per heavy atom. The zero-order valence-corrected chi connectivity index (χ0v) is 36.7. The molecule has 0 aromatic carbocycles. The van der Waals surface area contributed by atoms with Gasteiger partial charge in [0.15, 0.2) is 0 Å². The van der Waals surface area contributed by atoms with Crippen molar-refractivity contribution in [3.05, 3.63) is 36.6 Å². The van der Waals surface area contributed by atoms with Crippen LogP contribution in [0.1, 0.15) is 126 Å². The number of nitrogens with zero attached hydrogens (tertiary/aromatic N) is 6. The average molecular weight is 782 g/mol. The van der Waals surface area contributed by atoms with Gasteiger partial charge in [0.2, 0.25) is 0 Å². The fraction of sp³-hybridized carbons (Fsp3) is 0.854. The van der Waals surface area contributed by atoms with Crippen molar-refractivity contribution in [2.24, 2.45) is 5.73 Å². The second kappa shape index (κ2) is 35.9. The summed E-state index contributed by atoms with van der Waals surface area (Å²) in [6, 6.07) is 0. The molecule has 2 saturated heterocycles. The van der Waals surface area contributed by atoms with Crippen LogP contribution in [0, 0.1) is 0 Å². The van der Waals surface area contributed by atoms with Crippen molar-refractivity contribution < 1.29 is 23.7 Å². The summed E-state index contributed by atoms with van der Waals surface area (Å²) in [5.41, 5.74) is 5.99. The Hall–Kier alpha value is -2.46. The Kier molecular flexibility index (Phi) is 34.3. The number of aromatic nitrogens is 6. The maximum absolute atomic E-state index is 5.50. The van der Waals surface area contributed by atoms with Crippen molar-refractivity contribution in [1.82, 2.24) is 40.2 Å². The second-order valence-corrected chi connectivity index (χ2v) is 15.2. The number of aromatic amines is 2. The molecule has 14 nitrogen and oxygen atoms in total. The van der Waals surface area contributed by atoms with Crippen molar-refractivity contribution in [3.8, 4) is 0 Å². The molecule has 2 aliphatic rings. The molecular formula is C41H83N9O5. The van der Waals surface area contributed by atoms with Crippen LogP contribution in [0.2, 0.25) is 0 Å². The van der Waals surface area contributed by atoms with E-state index in [0.717, 1.165) is 57.2 Å². The Bertz CT molecular complexity index is 986. The minimum atomic E-state index is 0.290. The molecule has 0 saturated carbocycles. The Morgan fingerprint density at radius 1 is 0.564 bits per heavy atom. The number of nitrogens with two attached hydrogens (primary N) is 1. The van der Waals surface area contributed by atoms with Crippen LogP contribution in [0.5, 0.6) is 0 Å². The van der Waals surface area contributed by atoms with Crippen molar-refractivity contribution in [3.63, 3.8) is 0 Å².